The molecule has 0 aliphatic carbocycles. The summed E-state index contributed by atoms with van der Waals surface area (Å²) >= 11 is 2.86. The Morgan fingerprint density at radius 2 is 0.969 bits per heavy atom. The van der Waals surface area contributed by atoms with E-state index in [9.17, 15) is 0 Å². The molecule has 3 nitrogen and oxygen atoms in total. The Bertz CT molecular complexity index is 914. The third-order valence-corrected chi connectivity index (χ3v) is 6.29. The van der Waals surface area contributed by atoms with Crippen LogP contribution < -0.4 is 34.6 Å². The Hall–Kier alpha value is -1.74. The summed E-state index contributed by atoms with van der Waals surface area (Å²) in [6, 6.07) is 14.9. The number of halogens is 2. The third kappa shape index (κ3) is 6.41. The van der Waals surface area contributed by atoms with Gasteiger partial charge in [0.2, 0.25) is 0 Å². The van der Waals surface area contributed by atoms with Crippen molar-refractivity contribution in [2.45, 2.75) is 41.5 Å². The molecule has 0 amide bonds. The Kier molecular flexibility index (Phi) is 11.0. The Morgan fingerprint density at radius 1 is 0.625 bits per heavy atom. The summed E-state index contributed by atoms with van der Waals surface area (Å²) in [6.45, 7) is 15.3. The van der Waals surface area contributed by atoms with Crippen LogP contribution in [0.4, 0.5) is 11.4 Å². The quantitative estimate of drug-likeness (QED) is 0.400. The molecule has 1 aromatic heterocycles. The fourth-order valence-corrected chi connectivity index (χ4v) is 5.21. The van der Waals surface area contributed by atoms with E-state index in [1.54, 1.807) is 12.4 Å². The molecule has 1 aliphatic rings. The van der Waals surface area contributed by atoms with Gasteiger partial charge < -0.3 is 24.8 Å². The zero-order chi connectivity index (χ0) is 21.8. The van der Waals surface area contributed by atoms with Crippen LogP contribution in [0, 0.1) is 41.5 Å². The van der Waals surface area contributed by atoms with Crippen LogP contribution in [0.5, 0.6) is 0 Å². The Morgan fingerprint density at radius 3 is 1.22 bits per heavy atom. The first kappa shape index (κ1) is 28.3. The minimum Gasteiger partial charge on any atom is -1.00 e. The number of rotatable bonds is 2. The van der Waals surface area contributed by atoms with E-state index in [2.05, 4.69) is 98.4 Å². The summed E-state index contributed by atoms with van der Waals surface area (Å²) in [6.07, 6.45) is 3.50. The van der Waals surface area contributed by atoms with Gasteiger partial charge in [-0.15, -0.1) is 0 Å². The van der Waals surface area contributed by atoms with Gasteiger partial charge in [0.05, 0.1) is 0 Å². The van der Waals surface area contributed by atoms with Crippen molar-refractivity contribution in [3.8, 4) is 0 Å². The van der Waals surface area contributed by atoms with Gasteiger partial charge in [-0.25, -0.2) is 0 Å². The van der Waals surface area contributed by atoms with Crippen molar-refractivity contribution in [1.29, 1.82) is 0 Å². The van der Waals surface area contributed by atoms with E-state index in [0.717, 1.165) is 13.1 Å². The monoisotopic (exact) mass is 557 g/mol. The van der Waals surface area contributed by atoms with Crippen LogP contribution in [0.15, 0.2) is 54.9 Å². The van der Waals surface area contributed by atoms with Crippen molar-refractivity contribution < 1.29 is 42.7 Å². The molecule has 1 fully saturated rings. The average molecular weight is 558 g/mol. The van der Waals surface area contributed by atoms with E-state index < -0.39 is 0 Å². The molecule has 172 valence electrons. The largest absolute Gasteiger partial charge is 1.00 e. The molecule has 0 unspecified atom stereocenters. The predicted octanol–water partition coefficient (Wildman–Crippen LogP) is -0.412. The van der Waals surface area contributed by atoms with Gasteiger partial charge in [-0.05, 0) is 12.1 Å². The molecular weight excluding hydrogens is 526 g/mol. The van der Waals surface area contributed by atoms with E-state index in [4.69, 9.17) is 0 Å². The van der Waals surface area contributed by atoms with Crippen LogP contribution in [-0.4, -0.2) is 22.4 Å². The van der Waals surface area contributed by atoms with E-state index >= 15 is 0 Å². The van der Waals surface area contributed by atoms with Crippen molar-refractivity contribution >= 4 is 15.7 Å². The molecule has 0 N–H and O–H groups in total. The normalized spacial score (nSPS) is 12.5. The first-order chi connectivity index (χ1) is 14.3. The predicted molar refractivity (Wildman–Crippen MR) is 125 cm³/mol. The number of pyridine rings is 1. The van der Waals surface area contributed by atoms with Crippen LogP contribution in [0.25, 0.3) is 0 Å². The van der Waals surface area contributed by atoms with E-state index in [0.29, 0.717) is 0 Å². The minimum absolute atomic E-state index is 0. The molecule has 1 saturated heterocycles. The summed E-state index contributed by atoms with van der Waals surface area (Å²) < 4.78 is 1.26. The van der Waals surface area contributed by atoms with Crippen LogP contribution >= 0.6 is 0 Å². The maximum absolute atomic E-state index is 3.78. The van der Waals surface area contributed by atoms with E-state index in [1.807, 2.05) is 18.2 Å². The average Bonchev–Trinajstić information content (AvgIpc) is 3.03. The number of hydrogen-bond acceptors (Lipinski definition) is 3. The second-order valence-electron chi connectivity index (χ2n) is 8.08. The van der Waals surface area contributed by atoms with Crippen molar-refractivity contribution in [2.75, 3.05) is 22.9 Å². The van der Waals surface area contributed by atoms with Crippen molar-refractivity contribution in [2.24, 2.45) is 0 Å². The Balaban J connectivity index is 0.000000557. The van der Waals surface area contributed by atoms with Crippen molar-refractivity contribution in [3.63, 3.8) is 0 Å². The third-order valence-electron chi connectivity index (χ3n) is 5.36. The number of hydrogen-bond donors (Lipinski definition) is 0. The maximum Gasteiger partial charge on any atom is 0.0267 e. The van der Waals surface area contributed by atoms with Crippen molar-refractivity contribution in [1.82, 2.24) is 4.98 Å². The van der Waals surface area contributed by atoms with E-state index in [-0.39, 0.29) is 24.8 Å². The number of anilines is 2. The molecule has 3 aromatic rings. The van der Waals surface area contributed by atoms with Gasteiger partial charge in [0.25, 0.3) is 0 Å². The first-order valence-corrected chi connectivity index (χ1v) is 11.2. The van der Waals surface area contributed by atoms with Crippen LogP contribution in [0.2, 0.25) is 0 Å². The van der Waals surface area contributed by atoms with Crippen LogP contribution in [0.1, 0.15) is 33.4 Å². The number of benzene rings is 2. The zero-order valence-electron chi connectivity index (χ0n) is 19.6. The summed E-state index contributed by atoms with van der Waals surface area (Å²) in [4.78, 5) is 8.70. The first-order valence-electron chi connectivity index (χ1n) is 10.4. The second-order valence-corrected chi connectivity index (χ2v) is 8.86. The molecule has 0 atom stereocenters. The molecule has 0 radical (unpaired) electrons. The maximum atomic E-state index is 3.78. The SMILES string of the molecule is Cc1cc(C)c(N2CCN(c3c(C)cc(C)cc3C)[C]2=[Ru+2])c(C)c1.[Cl-].[Cl-].c1ccncc1. The second kappa shape index (κ2) is 12.5. The van der Waals surface area contributed by atoms with Gasteiger partial charge in [-0.3, -0.25) is 4.98 Å². The minimum atomic E-state index is 0. The molecular formula is C26H31Cl2N3Ru. The molecule has 2 aromatic carbocycles. The van der Waals surface area contributed by atoms with Gasteiger partial charge >= 0.3 is 156 Å². The molecule has 1 aliphatic heterocycles. The molecule has 32 heavy (non-hydrogen) atoms. The standard InChI is InChI=1S/C21H26N2.C5H5N.2ClH.Ru/c1-14-9-16(3)20(17(4)10-14)22-7-8-23(13-22)21-18(5)11-15(2)12-19(21)6;1-2-4-6-5-3-1;;;/h9-12H,7-8H2,1-6H3;1-5H;2*1H;/q;;;;+2/p-2. The summed E-state index contributed by atoms with van der Waals surface area (Å²) in [5.74, 6) is 0. The summed E-state index contributed by atoms with van der Waals surface area (Å²) in [7, 11) is 0. The Labute approximate surface area is 215 Å². The molecule has 6 heteroatoms. The van der Waals surface area contributed by atoms with Crippen LogP contribution in [-0.2, 0) is 17.9 Å². The summed E-state index contributed by atoms with van der Waals surface area (Å²) in [5.41, 5.74) is 10.8. The topological polar surface area (TPSA) is 19.4 Å². The van der Waals surface area contributed by atoms with Gasteiger partial charge in [0.1, 0.15) is 0 Å². The van der Waals surface area contributed by atoms with Gasteiger partial charge in [0, 0.05) is 12.4 Å². The molecule has 0 saturated carbocycles. The van der Waals surface area contributed by atoms with Gasteiger partial charge in [-0.2, -0.15) is 0 Å². The fraction of sp³-hybridized carbons (Fsp3) is 0.308. The number of aryl methyl sites for hydroxylation is 6. The summed E-state index contributed by atoms with van der Waals surface area (Å²) in [5, 5.41) is 0. The molecule has 2 heterocycles. The molecule has 0 bridgehead atoms. The molecule has 0 spiro atoms. The van der Waals surface area contributed by atoms with Crippen LogP contribution in [0.3, 0.4) is 0 Å². The van der Waals surface area contributed by atoms with Gasteiger partial charge in [-0.1, -0.05) is 6.07 Å². The zero-order valence-corrected chi connectivity index (χ0v) is 22.8. The van der Waals surface area contributed by atoms with Crippen molar-refractivity contribution in [3.05, 3.63) is 88.2 Å². The number of nitrogens with zero attached hydrogens (tertiary/aromatic N) is 3. The smallest absolute Gasteiger partial charge is 0.0267 e. The van der Waals surface area contributed by atoms with Gasteiger partial charge in [0.15, 0.2) is 0 Å². The fourth-order valence-electron chi connectivity index (χ4n) is 4.44. The van der Waals surface area contributed by atoms with E-state index in [1.165, 1.54) is 49.1 Å². The number of aromatic nitrogens is 1. The molecule has 4 rings (SSSR count).